The molecule has 0 atom stereocenters. The van der Waals surface area contributed by atoms with Crippen molar-refractivity contribution in [3.63, 3.8) is 0 Å². The molecule has 1 fully saturated rings. The summed E-state index contributed by atoms with van der Waals surface area (Å²) in [6.07, 6.45) is 0. The molecule has 0 radical (unpaired) electrons. The first-order valence-corrected chi connectivity index (χ1v) is 12.9. The Morgan fingerprint density at radius 1 is 0.806 bits per heavy atom. The summed E-state index contributed by atoms with van der Waals surface area (Å²) in [4.78, 5) is 22.8. The zero-order valence-electron chi connectivity index (χ0n) is 20.0. The van der Waals surface area contributed by atoms with E-state index in [2.05, 4.69) is 50.4 Å². The molecule has 0 unspecified atom stereocenters. The predicted molar refractivity (Wildman–Crippen MR) is 145 cm³/mol. The summed E-state index contributed by atoms with van der Waals surface area (Å²) < 4.78 is 0. The molecule has 6 rings (SSSR count). The molecule has 0 bridgehead atoms. The van der Waals surface area contributed by atoms with Crippen LogP contribution in [-0.2, 0) is 0 Å². The molecule has 0 saturated carbocycles. The van der Waals surface area contributed by atoms with E-state index >= 15 is 0 Å². The molecule has 1 aliphatic heterocycles. The molecule has 1 aliphatic rings. The fourth-order valence-electron chi connectivity index (χ4n) is 4.67. The quantitative estimate of drug-likeness (QED) is 0.323. The maximum absolute atomic E-state index is 13.3. The van der Waals surface area contributed by atoms with Gasteiger partial charge in [0.25, 0.3) is 5.91 Å². The molecule has 6 nitrogen and oxygen atoms in total. The monoisotopic (exact) mass is 491 g/mol. The van der Waals surface area contributed by atoms with Gasteiger partial charge in [0.05, 0.1) is 11.4 Å². The number of hydrogen-bond donors (Lipinski definition) is 0. The lowest BCUT2D eigenvalue weighted by molar-refractivity contribution is 0.0750. The van der Waals surface area contributed by atoms with E-state index in [9.17, 15) is 4.79 Å². The van der Waals surface area contributed by atoms with Crippen LogP contribution in [0.1, 0.15) is 15.4 Å². The van der Waals surface area contributed by atoms with E-state index in [4.69, 9.17) is 0 Å². The zero-order valence-corrected chi connectivity index (χ0v) is 20.8. The minimum absolute atomic E-state index is 0.0595. The van der Waals surface area contributed by atoms with Crippen molar-refractivity contribution in [1.29, 1.82) is 0 Å². The third-order valence-corrected chi connectivity index (χ3v) is 7.81. The molecular formula is C29H25N5OS. The van der Waals surface area contributed by atoms with Crippen LogP contribution in [0.4, 0.5) is 5.82 Å². The number of benzene rings is 3. The third kappa shape index (κ3) is 4.22. The van der Waals surface area contributed by atoms with Gasteiger partial charge in [-0.2, -0.15) is 0 Å². The van der Waals surface area contributed by atoms with E-state index < -0.39 is 0 Å². The number of aryl methyl sites for hydroxylation is 1. The van der Waals surface area contributed by atoms with E-state index in [0.717, 1.165) is 51.3 Å². The van der Waals surface area contributed by atoms with E-state index in [1.54, 1.807) is 0 Å². The molecule has 1 saturated heterocycles. The summed E-state index contributed by atoms with van der Waals surface area (Å²) in [6, 6.07) is 28.6. The second-order valence-corrected chi connectivity index (χ2v) is 9.88. The molecule has 178 valence electrons. The van der Waals surface area contributed by atoms with Gasteiger partial charge in [-0.1, -0.05) is 72.8 Å². The van der Waals surface area contributed by atoms with Crippen LogP contribution in [0.3, 0.4) is 0 Å². The first kappa shape index (κ1) is 22.4. The number of thiazole rings is 1. The minimum atomic E-state index is 0.0595. The molecule has 0 spiro atoms. The second kappa shape index (κ2) is 9.51. The highest BCUT2D eigenvalue weighted by atomic mass is 32.1. The van der Waals surface area contributed by atoms with Crippen molar-refractivity contribution in [3.8, 4) is 21.8 Å². The van der Waals surface area contributed by atoms with Gasteiger partial charge in [-0.3, -0.25) is 4.79 Å². The molecular weight excluding hydrogens is 466 g/mol. The number of amides is 1. The van der Waals surface area contributed by atoms with Gasteiger partial charge in [-0.15, -0.1) is 21.5 Å². The topological polar surface area (TPSA) is 62.2 Å². The number of fused-ring (bicyclic) bond motifs is 1. The van der Waals surface area contributed by atoms with Gasteiger partial charge in [0.2, 0.25) is 0 Å². The number of carbonyl (C=O) groups is 1. The maximum Gasteiger partial charge on any atom is 0.265 e. The number of nitrogens with zero attached hydrogens (tertiary/aromatic N) is 5. The highest BCUT2D eigenvalue weighted by molar-refractivity contribution is 7.17. The van der Waals surface area contributed by atoms with E-state index in [-0.39, 0.29) is 5.91 Å². The smallest absolute Gasteiger partial charge is 0.265 e. The SMILES string of the molecule is Cc1nc(-c2ccccc2)sc1C(=O)N1CCN(c2ccc(-c3cccc4ccccc34)nn2)CC1. The fourth-order valence-corrected chi connectivity index (χ4v) is 5.71. The first-order valence-electron chi connectivity index (χ1n) is 12.1. The molecule has 2 aromatic heterocycles. The van der Waals surface area contributed by atoms with Gasteiger partial charge < -0.3 is 9.80 Å². The lowest BCUT2D eigenvalue weighted by Gasteiger charge is -2.35. The molecule has 0 aliphatic carbocycles. The second-order valence-electron chi connectivity index (χ2n) is 8.88. The fraction of sp³-hybridized carbons (Fsp3) is 0.172. The van der Waals surface area contributed by atoms with Crippen LogP contribution in [0.15, 0.2) is 84.9 Å². The highest BCUT2D eigenvalue weighted by Crippen LogP contribution is 2.30. The number of anilines is 1. The molecule has 3 heterocycles. The largest absolute Gasteiger partial charge is 0.352 e. The summed E-state index contributed by atoms with van der Waals surface area (Å²) in [6.45, 7) is 4.64. The lowest BCUT2D eigenvalue weighted by atomic mass is 10.0. The minimum Gasteiger partial charge on any atom is -0.352 e. The van der Waals surface area contributed by atoms with Crippen LogP contribution in [-0.4, -0.2) is 52.2 Å². The molecule has 5 aromatic rings. The van der Waals surface area contributed by atoms with Crippen LogP contribution in [0.25, 0.3) is 32.6 Å². The number of hydrogen-bond acceptors (Lipinski definition) is 6. The van der Waals surface area contributed by atoms with E-state index in [1.165, 1.54) is 22.1 Å². The Labute approximate surface area is 213 Å². The van der Waals surface area contributed by atoms with Crippen LogP contribution in [0, 0.1) is 6.92 Å². The van der Waals surface area contributed by atoms with Crippen molar-refractivity contribution in [1.82, 2.24) is 20.1 Å². The normalized spacial score (nSPS) is 13.8. The summed E-state index contributed by atoms with van der Waals surface area (Å²) in [5.41, 5.74) is 3.78. The van der Waals surface area contributed by atoms with Crippen LogP contribution >= 0.6 is 11.3 Å². The number of piperazine rings is 1. The van der Waals surface area contributed by atoms with E-state index in [0.29, 0.717) is 13.1 Å². The summed E-state index contributed by atoms with van der Waals surface area (Å²) >= 11 is 1.47. The Morgan fingerprint density at radius 2 is 1.56 bits per heavy atom. The van der Waals surface area contributed by atoms with Gasteiger partial charge >= 0.3 is 0 Å². The Kier molecular flexibility index (Phi) is 5.91. The Morgan fingerprint density at radius 3 is 2.33 bits per heavy atom. The molecule has 7 heteroatoms. The third-order valence-electron chi connectivity index (χ3n) is 6.62. The zero-order chi connectivity index (χ0) is 24.5. The maximum atomic E-state index is 13.3. The van der Waals surface area contributed by atoms with Gasteiger partial charge in [0.1, 0.15) is 9.88 Å². The molecule has 3 aromatic carbocycles. The Bertz CT molecular complexity index is 1520. The lowest BCUT2D eigenvalue weighted by Crippen LogP contribution is -2.49. The summed E-state index contributed by atoms with van der Waals surface area (Å²) in [5.74, 6) is 0.899. The van der Waals surface area contributed by atoms with E-state index in [1.807, 2.05) is 66.4 Å². The Balaban J connectivity index is 1.14. The van der Waals surface area contributed by atoms with Crippen LogP contribution in [0.5, 0.6) is 0 Å². The average Bonchev–Trinajstić information content (AvgIpc) is 3.34. The standard InChI is InChI=1S/C29H25N5OS/c1-20-27(36-28(30-20)22-9-3-2-4-10-22)29(35)34-18-16-33(17-19-34)26-15-14-25(31-32-26)24-13-7-11-21-8-5-6-12-23(21)24/h2-15H,16-19H2,1H3. The van der Waals surface area contributed by atoms with Gasteiger partial charge in [0, 0.05) is 37.3 Å². The highest BCUT2D eigenvalue weighted by Gasteiger charge is 2.26. The summed E-state index contributed by atoms with van der Waals surface area (Å²) in [7, 11) is 0. The van der Waals surface area contributed by atoms with Crippen molar-refractivity contribution < 1.29 is 4.79 Å². The molecule has 0 N–H and O–H groups in total. The summed E-state index contributed by atoms with van der Waals surface area (Å²) in [5, 5.41) is 12.3. The molecule has 1 amide bonds. The van der Waals surface area contributed by atoms with Crippen molar-refractivity contribution in [2.45, 2.75) is 6.92 Å². The van der Waals surface area contributed by atoms with Crippen molar-refractivity contribution in [2.24, 2.45) is 0 Å². The van der Waals surface area contributed by atoms with Crippen molar-refractivity contribution in [3.05, 3.63) is 95.5 Å². The Hall–Kier alpha value is -4.10. The number of carbonyl (C=O) groups excluding carboxylic acids is 1. The van der Waals surface area contributed by atoms with Crippen molar-refractivity contribution >= 4 is 33.8 Å². The van der Waals surface area contributed by atoms with Gasteiger partial charge in [0.15, 0.2) is 5.82 Å². The van der Waals surface area contributed by atoms with Crippen LogP contribution < -0.4 is 4.90 Å². The van der Waals surface area contributed by atoms with Gasteiger partial charge in [-0.25, -0.2) is 4.98 Å². The first-order chi connectivity index (χ1) is 17.7. The number of aromatic nitrogens is 3. The average molecular weight is 492 g/mol. The predicted octanol–water partition coefficient (Wildman–Crippen LogP) is 5.69. The number of rotatable bonds is 4. The van der Waals surface area contributed by atoms with Gasteiger partial charge in [-0.05, 0) is 29.8 Å². The molecule has 36 heavy (non-hydrogen) atoms. The van der Waals surface area contributed by atoms with Crippen LogP contribution in [0.2, 0.25) is 0 Å². The van der Waals surface area contributed by atoms with Crippen molar-refractivity contribution in [2.75, 3.05) is 31.1 Å².